The van der Waals surface area contributed by atoms with Crippen LogP contribution in [0.4, 0.5) is 10.1 Å². The van der Waals surface area contributed by atoms with Crippen LogP contribution in [0.3, 0.4) is 0 Å². The van der Waals surface area contributed by atoms with Crippen molar-refractivity contribution in [3.8, 4) is 22.6 Å². The molecule has 4 rings (SSSR count). The van der Waals surface area contributed by atoms with Crippen molar-refractivity contribution < 1.29 is 32.2 Å². The number of hydrogen-bond acceptors (Lipinski definition) is 5. The van der Waals surface area contributed by atoms with E-state index in [0.717, 1.165) is 23.8 Å². The molecule has 0 radical (unpaired) electrons. The van der Waals surface area contributed by atoms with Crippen LogP contribution in [0, 0.1) is 5.82 Å². The Balaban J connectivity index is 1.81. The number of halogens is 2. The van der Waals surface area contributed by atoms with Crippen LogP contribution in [0.2, 0.25) is 5.02 Å². The Bertz CT molecular complexity index is 1350. The summed E-state index contributed by atoms with van der Waals surface area (Å²) in [5, 5.41) is 9.59. The van der Waals surface area contributed by atoms with Crippen molar-refractivity contribution >= 4 is 33.3 Å². The van der Waals surface area contributed by atoms with Crippen LogP contribution >= 0.6 is 11.6 Å². The van der Waals surface area contributed by atoms with Crippen molar-refractivity contribution in [3.63, 3.8) is 0 Å². The number of rotatable bonds is 7. The van der Waals surface area contributed by atoms with Gasteiger partial charge in [-0.05, 0) is 53.9 Å². The summed E-state index contributed by atoms with van der Waals surface area (Å²) in [5.74, 6) is -1.61. The fourth-order valence-electron chi connectivity index (χ4n) is 3.75. The minimum Gasteiger partial charge on any atom is -0.494 e. The van der Waals surface area contributed by atoms with Crippen LogP contribution in [0.5, 0.6) is 11.5 Å². The number of sulfonamides is 1. The molecular formula is C24H21ClFNO6S. The summed E-state index contributed by atoms with van der Waals surface area (Å²) in [6, 6.07) is 15.5. The van der Waals surface area contributed by atoms with Gasteiger partial charge in [0.15, 0.2) is 11.6 Å². The summed E-state index contributed by atoms with van der Waals surface area (Å²) in [5.41, 5.74) is 1.78. The maximum absolute atomic E-state index is 13.9. The Morgan fingerprint density at radius 3 is 2.65 bits per heavy atom. The average molecular weight is 506 g/mol. The summed E-state index contributed by atoms with van der Waals surface area (Å²) in [4.78, 5) is 10.9. The first-order valence-corrected chi connectivity index (χ1v) is 12.2. The van der Waals surface area contributed by atoms with E-state index in [1.807, 2.05) is 6.07 Å². The zero-order valence-electron chi connectivity index (χ0n) is 18.1. The molecule has 0 spiro atoms. The van der Waals surface area contributed by atoms with Crippen molar-refractivity contribution in [2.75, 3.05) is 18.0 Å². The highest BCUT2D eigenvalue weighted by Gasteiger charge is 2.35. The van der Waals surface area contributed by atoms with E-state index >= 15 is 0 Å². The summed E-state index contributed by atoms with van der Waals surface area (Å²) in [6.45, 7) is -0.110. The third-order valence-electron chi connectivity index (χ3n) is 5.44. The second-order valence-electron chi connectivity index (χ2n) is 7.70. The second kappa shape index (κ2) is 9.52. The topological polar surface area (TPSA) is 93.1 Å². The van der Waals surface area contributed by atoms with Crippen molar-refractivity contribution in [3.05, 3.63) is 71.5 Å². The third-order valence-corrected chi connectivity index (χ3v) is 7.45. The van der Waals surface area contributed by atoms with Gasteiger partial charge in [-0.2, -0.15) is 0 Å². The van der Waals surface area contributed by atoms with Crippen LogP contribution in [-0.4, -0.2) is 39.3 Å². The molecule has 3 aromatic carbocycles. The molecule has 1 atom stereocenters. The van der Waals surface area contributed by atoms with Gasteiger partial charge in [0.05, 0.1) is 24.2 Å². The molecule has 0 saturated heterocycles. The molecule has 7 nitrogen and oxygen atoms in total. The Morgan fingerprint density at radius 1 is 1.18 bits per heavy atom. The zero-order valence-corrected chi connectivity index (χ0v) is 19.6. The van der Waals surface area contributed by atoms with Crippen LogP contribution < -0.4 is 13.8 Å². The molecule has 178 valence electrons. The Hall–Kier alpha value is -3.30. The van der Waals surface area contributed by atoms with E-state index in [1.54, 1.807) is 36.4 Å². The van der Waals surface area contributed by atoms with Gasteiger partial charge >= 0.3 is 5.97 Å². The Labute approximate surface area is 201 Å². The van der Waals surface area contributed by atoms with E-state index in [2.05, 4.69) is 0 Å². The van der Waals surface area contributed by atoms with Crippen LogP contribution in [-0.2, 0) is 14.8 Å². The van der Waals surface area contributed by atoms with E-state index in [4.69, 9.17) is 26.2 Å². The molecule has 1 aliphatic rings. The zero-order chi connectivity index (χ0) is 24.5. The Kier molecular flexibility index (Phi) is 6.67. The molecule has 34 heavy (non-hydrogen) atoms. The third kappa shape index (κ3) is 4.80. The molecule has 0 saturated carbocycles. The summed E-state index contributed by atoms with van der Waals surface area (Å²) >= 11 is 6.12. The molecule has 1 N–H and O–H groups in total. The van der Waals surface area contributed by atoms with Crippen molar-refractivity contribution in [2.24, 2.45) is 0 Å². The molecule has 0 aromatic heterocycles. The monoisotopic (exact) mass is 505 g/mol. The number of anilines is 1. The SMILES string of the molecule is COc1cc(S(=O)(=O)N2C[C@H](CCC(=O)O)Oc3ccc(-c4cccc(Cl)c4)cc32)ccc1F. The van der Waals surface area contributed by atoms with Crippen LogP contribution in [0.25, 0.3) is 11.1 Å². The highest BCUT2D eigenvalue weighted by Crippen LogP contribution is 2.41. The summed E-state index contributed by atoms with van der Waals surface area (Å²) < 4.78 is 53.3. The lowest BCUT2D eigenvalue weighted by Gasteiger charge is -2.35. The number of methoxy groups -OCH3 is 1. The first-order valence-electron chi connectivity index (χ1n) is 10.3. The predicted octanol–water partition coefficient (Wildman–Crippen LogP) is 4.98. The number of carbonyl (C=O) groups is 1. The largest absolute Gasteiger partial charge is 0.494 e. The van der Waals surface area contributed by atoms with Crippen LogP contribution in [0.15, 0.2) is 65.6 Å². The fourth-order valence-corrected chi connectivity index (χ4v) is 5.45. The molecule has 10 heteroatoms. The molecule has 0 fully saturated rings. The summed E-state index contributed by atoms with van der Waals surface area (Å²) in [7, 11) is -2.92. The van der Waals surface area contributed by atoms with E-state index in [-0.39, 0.29) is 35.7 Å². The minimum atomic E-state index is -4.17. The normalized spacial score (nSPS) is 15.4. The molecule has 1 aliphatic heterocycles. The predicted molar refractivity (Wildman–Crippen MR) is 126 cm³/mol. The maximum Gasteiger partial charge on any atom is 0.303 e. The number of nitrogens with zero attached hydrogens (tertiary/aromatic N) is 1. The number of fused-ring (bicyclic) bond motifs is 1. The van der Waals surface area contributed by atoms with Gasteiger partial charge in [-0.3, -0.25) is 9.10 Å². The highest BCUT2D eigenvalue weighted by atomic mass is 35.5. The number of aliphatic carboxylic acids is 1. The van der Waals surface area contributed by atoms with Gasteiger partial charge in [-0.15, -0.1) is 0 Å². The number of hydrogen-bond donors (Lipinski definition) is 1. The van der Waals surface area contributed by atoms with Gasteiger partial charge in [0.25, 0.3) is 10.0 Å². The number of ether oxygens (including phenoxy) is 2. The first kappa shape index (κ1) is 23.8. The van der Waals surface area contributed by atoms with Gasteiger partial charge in [0, 0.05) is 17.5 Å². The van der Waals surface area contributed by atoms with Crippen LogP contribution in [0.1, 0.15) is 12.8 Å². The molecule has 0 bridgehead atoms. The minimum absolute atomic E-state index is 0.110. The number of benzene rings is 3. The Morgan fingerprint density at radius 2 is 1.94 bits per heavy atom. The molecule has 0 unspecified atom stereocenters. The van der Waals surface area contributed by atoms with E-state index < -0.39 is 27.9 Å². The van der Waals surface area contributed by atoms with Gasteiger partial charge < -0.3 is 14.6 Å². The lowest BCUT2D eigenvalue weighted by atomic mass is 10.0. The van der Waals surface area contributed by atoms with E-state index in [1.165, 1.54) is 11.4 Å². The average Bonchev–Trinajstić information content (AvgIpc) is 2.82. The molecular weight excluding hydrogens is 485 g/mol. The second-order valence-corrected chi connectivity index (χ2v) is 10.00. The van der Waals surface area contributed by atoms with Gasteiger partial charge in [-0.1, -0.05) is 29.8 Å². The smallest absolute Gasteiger partial charge is 0.303 e. The first-order chi connectivity index (χ1) is 16.2. The molecule has 3 aromatic rings. The molecule has 0 amide bonds. The standard InChI is InChI=1S/C24H21ClFNO6S/c1-32-23-13-19(7-8-20(23)26)34(30,31)27-14-18(6-10-24(28)29)33-22-9-5-16(12-21(22)27)15-3-2-4-17(25)11-15/h2-5,7-9,11-13,18H,6,10,14H2,1H3,(H,28,29)/t18-/m0/s1. The lowest BCUT2D eigenvalue weighted by Crippen LogP contribution is -2.43. The summed E-state index contributed by atoms with van der Waals surface area (Å²) in [6.07, 6.45) is -0.750. The van der Waals surface area contributed by atoms with Crippen molar-refractivity contribution in [1.82, 2.24) is 0 Å². The lowest BCUT2D eigenvalue weighted by molar-refractivity contribution is -0.137. The number of carboxylic acids is 1. The number of carboxylic acid groups (broad SMARTS) is 1. The quantitative estimate of drug-likeness (QED) is 0.487. The van der Waals surface area contributed by atoms with E-state index in [9.17, 15) is 17.6 Å². The van der Waals surface area contributed by atoms with Gasteiger partial charge in [-0.25, -0.2) is 12.8 Å². The fraction of sp³-hybridized carbons (Fsp3) is 0.208. The molecule has 1 heterocycles. The van der Waals surface area contributed by atoms with Gasteiger partial charge in [0.1, 0.15) is 11.9 Å². The highest BCUT2D eigenvalue weighted by molar-refractivity contribution is 7.92. The molecule has 0 aliphatic carbocycles. The maximum atomic E-state index is 13.9. The van der Waals surface area contributed by atoms with Gasteiger partial charge in [0.2, 0.25) is 0 Å². The van der Waals surface area contributed by atoms with Crippen molar-refractivity contribution in [1.29, 1.82) is 0 Å². The van der Waals surface area contributed by atoms with E-state index in [0.29, 0.717) is 16.3 Å². The van der Waals surface area contributed by atoms with Crippen molar-refractivity contribution in [2.45, 2.75) is 23.8 Å².